The molecule has 1 aromatic carbocycles. The second-order valence-corrected chi connectivity index (χ2v) is 5.77. The summed E-state index contributed by atoms with van der Waals surface area (Å²) >= 11 is 0. The highest BCUT2D eigenvalue weighted by Gasteiger charge is 2.21. The molecule has 1 unspecified atom stereocenters. The minimum Gasteiger partial charge on any atom is -0.497 e. The van der Waals surface area contributed by atoms with Gasteiger partial charge in [0.25, 0.3) is 0 Å². The molecule has 1 heterocycles. The largest absolute Gasteiger partial charge is 0.497 e. The molecule has 0 saturated carbocycles. The Balaban J connectivity index is 1.60. The molecule has 0 spiro atoms. The fourth-order valence-corrected chi connectivity index (χ4v) is 2.72. The number of likely N-dealkylation sites (tertiary alicyclic amines) is 1. The van der Waals surface area contributed by atoms with Gasteiger partial charge in [0.05, 0.1) is 13.7 Å². The molecule has 128 valence electrons. The third-order valence-electron chi connectivity index (χ3n) is 4.06. The van der Waals surface area contributed by atoms with Gasteiger partial charge in [-0.15, -0.1) is 0 Å². The lowest BCUT2D eigenvalue weighted by Gasteiger charge is -2.31. The molecule has 0 aromatic heterocycles. The molecule has 1 fully saturated rings. The maximum Gasteiger partial charge on any atom is 0.306 e. The van der Waals surface area contributed by atoms with Crippen LogP contribution in [0.25, 0.3) is 0 Å². The second-order valence-electron chi connectivity index (χ2n) is 5.77. The number of carbonyl (C=O) groups excluding carboxylic acids is 1. The molecular weight excluding hydrogens is 294 g/mol. The summed E-state index contributed by atoms with van der Waals surface area (Å²) in [6.07, 6.45) is 3.20. The fraction of sp³-hybridized carbons (Fsp3) is 0.611. The van der Waals surface area contributed by atoms with E-state index in [0.29, 0.717) is 19.4 Å². The van der Waals surface area contributed by atoms with Crippen LogP contribution in [0.15, 0.2) is 24.3 Å². The third-order valence-corrected chi connectivity index (χ3v) is 4.06. The van der Waals surface area contributed by atoms with Crippen LogP contribution >= 0.6 is 0 Å². The maximum absolute atomic E-state index is 11.9. The van der Waals surface area contributed by atoms with Gasteiger partial charge in [0.1, 0.15) is 17.6 Å². The van der Waals surface area contributed by atoms with Gasteiger partial charge in [-0.1, -0.05) is 6.92 Å². The van der Waals surface area contributed by atoms with Crippen LogP contribution in [0.1, 0.15) is 32.6 Å². The number of carbonyl (C=O) groups is 1. The van der Waals surface area contributed by atoms with Crippen LogP contribution in [-0.4, -0.2) is 50.3 Å². The normalized spacial score (nSPS) is 18.4. The van der Waals surface area contributed by atoms with E-state index in [1.165, 1.54) is 0 Å². The Morgan fingerprint density at radius 3 is 2.70 bits per heavy atom. The number of hydrogen-bond donors (Lipinski definition) is 0. The van der Waals surface area contributed by atoms with E-state index in [4.69, 9.17) is 14.2 Å². The van der Waals surface area contributed by atoms with Crippen molar-refractivity contribution < 1.29 is 19.0 Å². The smallest absolute Gasteiger partial charge is 0.306 e. The average molecular weight is 321 g/mol. The molecule has 0 N–H and O–H groups in total. The van der Waals surface area contributed by atoms with Crippen molar-refractivity contribution in [3.63, 3.8) is 0 Å². The second kappa shape index (κ2) is 9.40. The summed E-state index contributed by atoms with van der Waals surface area (Å²) in [5, 5.41) is 0. The highest BCUT2D eigenvalue weighted by molar-refractivity contribution is 5.69. The quantitative estimate of drug-likeness (QED) is 0.544. The summed E-state index contributed by atoms with van der Waals surface area (Å²) in [4.78, 5) is 14.2. The number of ether oxygens (including phenoxy) is 3. The van der Waals surface area contributed by atoms with Crippen molar-refractivity contribution in [2.45, 2.75) is 38.7 Å². The zero-order chi connectivity index (χ0) is 16.5. The molecule has 1 aliphatic heterocycles. The SMILES string of the molecule is CCN1CCCC(OC(=O)CCCOc2ccc(OC)cc2)C1. The lowest BCUT2D eigenvalue weighted by Crippen LogP contribution is -2.40. The Labute approximate surface area is 138 Å². The van der Waals surface area contributed by atoms with Gasteiger partial charge in [-0.25, -0.2) is 0 Å². The van der Waals surface area contributed by atoms with E-state index in [2.05, 4.69) is 11.8 Å². The van der Waals surface area contributed by atoms with E-state index >= 15 is 0 Å². The molecule has 0 amide bonds. The lowest BCUT2D eigenvalue weighted by atomic mass is 10.1. The van der Waals surface area contributed by atoms with Crippen molar-refractivity contribution in [1.82, 2.24) is 4.90 Å². The number of benzene rings is 1. The van der Waals surface area contributed by atoms with E-state index in [1.54, 1.807) is 7.11 Å². The molecule has 0 aliphatic carbocycles. The van der Waals surface area contributed by atoms with Crippen LogP contribution in [0.4, 0.5) is 0 Å². The number of nitrogens with zero attached hydrogens (tertiary/aromatic N) is 1. The summed E-state index contributed by atoms with van der Waals surface area (Å²) in [5.41, 5.74) is 0. The van der Waals surface area contributed by atoms with Gasteiger partial charge in [0, 0.05) is 13.0 Å². The molecule has 5 heteroatoms. The first-order valence-corrected chi connectivity index (χ1v) is 8.40. The molecule has 5 nitrogen and oxygen atoms in total. The van der Waals surface area contributed by atoms with Crippen LogP contribution in [0.3, 0.4) is 0 Å². The van der Waals surface area contributed by atoms with Crippen molar-refractivity contribution in [1.29, 1.82) is 0 Å². The summed E-state index contributed by atoms with van der Waals surface area (Å²) in [7, 11) is 1.63. The van der Waals surface area contributed by atoms with Crippen molar-refractivity contribution in [2.75, 3.05) is 33.4 Å². The monoisotopic (exact) mass is 321 g/mol. The zero-order valence-corrected chi connectivity index (χ0v) is 14.1. The summed E-state index contributed by atoms with van der Waals surface area (Å²) in [6, 6.07) is 7.43. The van der Waals surface area contributed by atoms with Gasteiger partial charge < -0.3 is 14.2 Å². The summed E-state index contributed by atoms with van der Waals surface area (Å²) < 4.78 is 16.3. The Hall–Kier alpha value is -1.75. The number of methoxy groups -OCH3 is 1. The van der Waals surface area contributed by atoms with E-state index in [9.17, 15) is 4.79 Å². The summed E-state index contributed by atoms with van der Waals surface area (Å²) in [5.74, 6) is 1.46. The molecule has 1 saturated heterocycles. The number of esters is 1. The van der Waals surface area contributed by atoms with Gasteiger partial charge in [-0.3, -0.25) is 9.69 Å². The van der Waals surface area contributed by atoms with Gasteiger partial charge in [-0.2, -0.15) is 0 Å². The Bertz CT molecular complexity index is 474. The van der Waals surface area contributed by atoms with E-state index < -0.39 is 0 Å². The van der Waals surface area contributed by atoms with Crippen molar-refractivity contribution in [2.24, 2.45) is 0 Å². The third kappa shape index (κ3) is 6.10. The van der Waals surface area contributed by atoms with Crippen molar-refractivity contribution >= 4 is 5.97 Å². The Morgan fingerprint density at radius 1 is 1.26 bits per heavy atom. The molecular formula is C18H27NO4. The van der Waals surface area contributed by atoms with Crippen LogP contribution in [0.5, 0.6) is 11.5 Å². The van der Waals surface area contributed by atoms with Crippen LogP contribution in [-0.2, 0) is 9.53 Å². The first-order chi connectivity index (χ1) is 11.2. The predicted octanol–water partition coefficient (Wildman–Crippen LogP) is 2.88. The molecule has 0 bridgehead atoms. The van der Waals surface area contributed by atoms with Gasteiger partial charge >= 0.3 is 5.97 Å². The molecule has 1 aliphatic rings. The first kappa shape index (κ1) is 17.6. The Morgan fingerprint density at radius 2 is 2.00 bits per heavy atom. The highest BCUT2D eigenvalue weighted by atomic mass is 16.5. The number of hydrogen-bond acceptors (Lipinski definition) is 5. The number of likely N-dealkylation sites (N-methyl/N-ethyl adjacent to an activating group) is 1. The zero-order valence-electron chi connectivity index (χ0n) is 14.1. The Kier molecular flexibility index (Phi) is 7.20. The summed E-state index contributed by atoms with van der Waals surface area (Å²) in [6.45, 7) is 5.64. The van der Waals surface area contributed by atoms with Crippen LogP contribution in [0.2, 0.25) is 0 Å². The first-order valence-electron chi connectivity index (χ1n) is 8.40. The molecule has 23 heavy (non-hydrogen) atoms. The predicted molar refractivity (Wildman–Crippen MR) is 89.0 cm³/mol. The van der Waals surface area contributed by atoms with E-state index in [1.807, 2.05) is 24.3 Å². The van der Waals surface area contributed by atoms with Gasteiger partial charge in [-0.05, 0) is 56.6 Å². The average Bonchev–Trinajstić information content (AvgIpc) is 2.59. The number of rotatable bonds is 8. The molecule has 1 atom stereocenters. The topological polar surface area (TPSA) is 48.0 Å². The van der Waals surface area contributed by atoms with Crippen LogP contribution in [0, 0.1) is 0 Å². The fourth-order valence-electron chi connectivity index (χ4n) is 2.72. The molecule has 2 rings (SSSR count). The molecule has 1 aromatic rings. The number of piperidine rings is 1. The lowest BCUT2D eigenvalue weighted by molar-refractivity contribution is -0.151. The van der Waals surface area contributed by atoms with E-state index in [-0.39, 0.29) is 12.1 Å². The van der Waals surface area contributed by atoms with Crippen molar-refractivity contribution in [3.8, 4) is 11.5 Å². The van der Waals surface area contributed by atoms with E-state index in [0.717, 1.165) is 44.0 Å². The standard InChI is InChI=1S/C18H27NO4/c1-3-19-12-4-6-17(14-19)23-18(20)7-5-13-22-16-10-8-15(21-2)9-11-16/h8-11,17H,3-7,12-14H2,1-2H3. The van der Waals surface area contributed by atoms with Crippen LogP contribution < -0.4 is 9.47 Å². The van der Waals surface area contributed by atoms with Crippen molar-refractivity contribution in [3.05, 3.63) is 24.3 Å². The maximum atomic E-state index is 11.9. The minimum atomic E-state index is -0.119. The minimum absolute atomic E-state index is 0.0544. The van der Waals surface area contributed by atoms with Gasteiger partial charge in [0.15, 0.2) is 0 Å². The van der Waals surface area contributed by atoms with Gasteiger partial charge in [0.2, 0.25) is 0 Å². The highest BCUT2D eigenvalue weighted by Crippen LogP contribution is 2.17. The molecule has 0 radical (unpaired) electrons.